The minimum atomic E-state index is -0.804. The number of hydrogen-bond donors (Lipinski definition) is 1. The molecule has 3 rings (SSSR count). The number of nitrogens with zero attached hydrogens (tertiary/aromatic N) is 1. The Bertz CT molecular complexity index is 905. The molecule has 2 heterocycles. The van der Waals surface area contributed by atoms with Crippen molar-refractivity contribution in [2.75, 3.05) is 24.6 Å². The monoisotopic (exact) mass is 382 g/mol. The zero-order chi connectivity index (χ0) is 19.0. The standard InChI is InChI=1S/C18H20F2N2O3S/c1-4-25-18(24)12-8-26-17-11(16(12)23)5-13(19)15(14(17)20)22-6-9(2)21-10(3)7-22/h5,8-10,21H,4,6-7H2,1-3H3. The number of hydrogen-bond acceptors (Lipinski definition) is 6. The average Bonchev–Trinajstić information content (AvgIpc) is 2.55. The molecule has 1 aliphatic heterocycles. The van der Waals surface area contributed by atoms with E-state index in [1.54, 1.807) is 11.8 Å². The lowest BCUT2D eigenvalue weighted by Crippen LogP contribution is -2.54. The van der Waals surface area contributed by atoms with Crippen LogP contribution in [0.5, 0.6) is 0 Å². The Morgan fingerprint density at radius 2 is 2.00 bits per heavy atom. The number of ether oxygens (including phenoxy) is 1. The summed E-state index contributed by atoms with van der Waals surface area (Å²) in [6.45, 7) is 6.54. The quantitative estimate of drug-likeness (QED) is 0.828. The van der Waals surface area contributed by atoms with E-state index in [2.05, 4.69) is 5.32 Å². The van der Waals surface area contributed by atoms with E-state index in [-0.39, 0.29) is 40.0 Å². The molecule has 8 heteroatoms. The molecule has 0 amide bonds. The number of halogens is 2. The van der Waals surface area contributed by atoms with Gasteiger partial charge in [0.2, 0.25) is 5.43 Å². The number of carbonyl (C=O) groups excluding carboxylic acids is 1. The molecule has 0 bridgehead atoms. The van der Waals surface area contributed by atoms with Crippen LogP contribution in [0.15, 0.2) is 16.2 Å². The summed E-state index contributed by atoms with van der Waals surface area (Å²) in [6, 6.07) is 1.18. The highest BCUT2D eigenvalue weighted by Crippen LogP contribution is 2.33. The van der Waals surface area contributed by atoms with Gasteiger partial charge in [0.1, 0.15) is 17.1 Å². The maximum Gasteiger partial charge on any atom is 0.342 e. The van der Waals surface area contributed by atoms with Gasteiger partial charge in [-0.15, -0.1) is 11.3 Å². The molecule has 2 aromatic rings. The van der Waals surface area contributed by atoms with E-state index in [0.717, 1.165) is 17.4 Å². The molecule has 0 spiro atoms. The minimum absolute atomic E-state index is 0.0401. The number of fused-ring (bicyclic) bond motifs is 1. The second-order valence-corrected chi connectivity index (χ2v) is 7.35. The van der Waals surface area contributed by atoms with Gasteiger partial charge in [0.05, 0.1) is 11.3 Å². The van der Waals surface area contributed by atoms with Gasteiger partial charge in [0.15, 0.2) is 5.82 Å². The van der Waals surface area contributed by atoms with Crippen LogP contribution in [0.2, 0.25) is 0 Å². The summed E-state index contributed by atoms with van der Waals surface area (Å²) >= 11 is 0.902. The molecule has 1 aromatic carbocycles. The van der Waals surface area contributed by atoms with Crippen LogP contribution in [-0.4, -0.2) is 37.7 Å². The van der Waals surface area contributed by atoms with Crippen molar-refractivity contribution in [1.29, 1.82) is 0 Å². The molecule has 1 N–H and O–H groups in total. The fourth-order valence-electron chi connectivity index (χ4n) is 3.34. The summed E-state index contributed by atoms with van der Waals surface area (Å²) < 4.78 is 34.7. The van der Waals surface area contributed by atoms with Gasteiger partial charge in [-0.3, -0.25) is 4.79 Å². The van der Waals surface area contributed by atoms with Crippen LogP contribution in [0.3, 0.4) is 0 Å². The number of nitrogens with one attached hydrogen (secondary N) is 1. The Labute approximate surface area is 153 Å². The van der Waals surface area contributed by atoms with Crippen LogP contribution < -0.4 is 15.6 Å². The summed E-state index contributed by atoms with van der Waals surface area (Å²) in [5, 5.41) is 4.44. The second-order valence-electron chi connectivity index (χ2n) is 6.47. The molecule has 2 atom stereocenters. The summed E-state index contributed by atoms with van der Waals surface area (Å²) in [5.41, 5.74) is -1.05. The predicted octanol–water partition coefficient (Wildman–Crippen LogP) is 2.90. The first kappa shape index (κ1) is 18.7. The van der Waals surface area contributed by atoms with E-state index in [0.29, 0.717) is 13.1 Å². The predicted molar refractivity (Wildman–Crippen MR) is 98.2 cm³/mol. The Balaban J connectivity index is 2.13. The van der Waals surface area contributed by atoms with Gasteiger partial charge in [-0.2, -0.15) is 0 Å². The lowest BCUT2D eigenvalue weighted by Gasteiger charge is -2.38. The molecule has 0 radical (unpaired) electrons. The molecule has 1 aromatic heterocycles. The van der Waals surface area contributed by atoms with Crippen LogP contribution in [0, 0.1) is 11.6 Å². The van der Waals surface area contributed by atoms with E-state index in [4.69, 9.17) is 4.74 Å². The Morgan fingerprint density at radius 1 is 1.35 bits per heavy atom. The van der Waals surface area contributed by atoms with E-state index < -0.39 is 23.0 Å². The molecular formula is C18H20F2N2O3S. The third-order valence-electron chi connectivity index (χ3n) is 4.30. The molecule has 1 aliphatic rings. The zero-order valence-electron chi connectivity index (χ0n) is 14.8. The van der Waals surface area contributed by atoms with Gasteiger partial charge in [0, 0.05) is 35.9 Å². The molecule has 0 saturated carbocycles. The maximum absolute atomic E-state index is 15.1. The van der Waals surface area contributed by atoms with Crippen LogP contribution >= 0.6 is 11.3 Å². The SMILES string of the molecule is CCOC(=O)c1csc2c(F)c(N3CC(C)NC(C)C3)c(F)cc2c1=O. The van der Waals surface area contributed by atoms with Gasteiger partial charge in [-0.25, -0.2) is 13.6 Å². The van der Waals surface area contributed by atoms with Crippen molar-refractivity contribution in [1.82, 2.24) is 5.32 Å². The van der Waals surface area contributed by atoms with Crippen molar-refractivity contribution >= 4 is 33.1 Å². The maximum atomic E-state index is 15.1. The topological polar surface area (TPSA) is 58.6 Å². The number of piperazine rings is 1. The Morgan fingerprint density at radius 3 is 2.62 bits per heavy atom. The highest BCUT2D eigenvalue weighted by atomic mass is 32.1. The lowest BCUT2D eigenvalue weighted by atomic mass is 10.1. The fraction of sp³-hybridized carbons (Fsp3) is 0.444. The Hall–Kier alpha value is -2.06. The number of rotatable bonds is 3. The van der Waals surface area contributed by atoms with E-state index in [1.807, 2.05) is 13.8 Å². The van der Waals surface area contributed by atoms with Gasteiger partial charge in [-0.05, 0) is 26.8 Å². The smallest absolute Gasteiger partial charge is 0.342 e. The fourth-order valence-corrected chi connectivity index (χ4v) is 4.26. The third kappa shape index (κ3) is 3.31. The van der Waals surface area contributed by atoms with Crippen LogP contribution in [-0.2, 0) is 4.74 Å². The second kappa shape index (κ2) is 7.28. The number of benzene rings is 1. The largest absolute Gasteiger partial charge is 0.462 e. The van der Waals surface area contributed by atoms with Crippen molar-refractivity contribution in [2.24, 2.45) is 0 Å². The van der Waals surface area contributed by atoms with Crippen molar-refractivity contribution in [3.8, 4) is 0 Å². The molecule has 26 heavy (non-hydrogen) atoms. The summed E-state index contributed by atoms with van der Waals surface area (Å²) in [5.74, 6) is -2.36. The van der Waals surface area contributed by atoms with E-state index in [9.17, 15) is 14.0 Å². The summed E-state index contributed by atoms with van der Waals surface area (Å²) in [6.07, 6.45) is 0. The molecule has 2 unspecified atom stereocenters. The van der Waals surface area contributed by atoms with Crippen LogP contribution in [0.25, 0.3) is 10.1 Å². The number of anilines is 1. The molecule has 1 saturated heterocycles. The van der Waals surface area contributed by atoms with Crippen molar-refractivity contribution in [3.05, 3.63) is 38.9 Å². The van der Waals surface area contributed by atoms with Crippen molar-refractivity contribution < 1.29 is 18.3 Å². The average molecular weight is 382 g/mol. The van der Waals surface area contributed by atoms with Crippen molar-refractivity contribution in [3.63, 3.8) is 0 Å². The highest BCUT2D eigenvalue weighted by molar-refractivity contribution is 7.16. The summed E-state index contributed by atoms with van der Waals surface area (Å²) in [7, 11) is 0. The molecular weight excluding hydrogens is 362 g/mol. The first-order valence-corrected chi connectivity index (χ1v) is 9.33. The first-order chi connectivity index (χ1) is 12.3. The Kier molecular flexibility index (Phi) is 5.24. The van der Waals surface area contributed by atoms with E-state index in [1.165, 1.54) is 5.38 Å². The van der Waals surface area contributed by atoms with Gasteiger partial charge >= 0.3 is 5.97 Å². The number of carbonyl (C=O) groups is 1. The van der Waals surface area contributed by atoms with E-state index >= 15 is 4.39 Å². The highest BCUT2D eigenvalue weighted by Gasteiger charge is 2.28. The lowest BCUT2D eigenvalue weighted by molar-refractivity contribution is 0.0525. The minimum Gasteiger partial charge on any atom is -0.462 e. The zero-order valence-corrected chi connectivity index (χ0v) is 15.6. The molecule has 140 valence electrons. The molecule has 5 nitrogen and oxygen atoms in total. The number of esters is 1. The van der Waals surface area contributed by atoms with Crippen molar-refractivity contribution in [2.45, 2.75) is 32.9 Å². The summed E-state index contributed by atoms with van der Waals surface area (Å²) in [4.78, 5) is 26.0. The van der Waals surface area contributed by atoms with Crippen LogP contribution in [0.1, 0.15) is 31.1 Å². The first-order valence-electron chi connectivity index (χ1n) is 8.45. The third-order valence-corrected chi connectivity index (χ3v) is 5.29. The molecule has 1 fully saturated rings. The van der Waals surface area contributed by atoms with Crippen LogP contribution in [0.4, 0.5) is 14.5 Å². The van der Waals surface area contributed by atoms with Gasteiger partial charge in [0.25, 0.3) is 0 Å². The van der Waals surface area contributed by atoms with Gasteiger partial charge < -0.3 is 15.0 Å². The molecule has 0 aliphatic carbocycles. The van der Waals surface area contributed by atoms with Gasteiger partial charge in [-0.1, -0.05) is 0 Å². The normalized spacial score (nSPS) is 20.4.